The van der Waals surface area contributed by atoms with Gasteiger partial charge in [0.05, 0.1) is 19.6 Å². The smallest absolute Gasteiger partial charge is 0.308 e. The summed E-state index contributed by atoms with van der Waals surface area (Å²) in [5, 5.41) is 0. The molecule has 0 heterocycles. The van der Waals surface area contributed by atoms with E-state index in [0.717, 1.165) is 44.1 Å². The summed E-state index contributed by atoms with van der Waals surface area (Å²) in [6, 6.07) is 0. The Labute approximate surface area is 240 Å². The molecule has 218 valence electrons. The molecule has 0 aromatic rings. The molecule has 0 aromatic carbocycles. The van der Waals surface area contributed by atoms with Gasteiger partial charge in [0, 0.05) is 30.5 Å². The van der Waals surface area contributed by atoms with Crippen LogP contribution in [-0.4, -0.2) is 38.4 Å². The van der Waals surface area contributed by atoms with E-state index in [4.69, 9.17) is 16.0 Å². The second-order valence-corrected chi connectivity index (χ2v) is 15.3. The van der Waals surface area contributed by atoms with Crippen LogP contribution < -0.4 is 0 Å². The first-order valence-electron chi connectivity index (χ1n) is 15.1. The lowest BCUT2D eigenvalue weighted by Gasteiger charge is -2.68. The number of methoxy groups -OCH3 is 2. The molecule has 0 amide bonds. The molecular formula is C34H47NO5. The van der Waals surface area contributed by atoms with Gasteiger partial charge in [-0.1, -0.05) is 53.2 Å². The van der Waals surface area contributed by atoms with E-state index in [1.165, 1.54) is 7.11 Å². The third kappa shape index (κ3) is 3.79. The van der Waals surface area contributed by atoms with E-state index >= 15 is 0 Å². The van der Waals surface area contributed by atoms with Crippen LogP contribution in [0.5, 0.6) is 0 Å². The predicted octanol–water partition coefficient (Wildman–Crippen LogP) is 6.60. The largest absolute Gasteiger partial charge is 0.469 e. The van der Waals surface area contributed by atoms with Crippen molar-refractivity contribution in [3.8, 4) is 0 Å². The van der Waals surface area contributed by atoms with Crippen LogP contribution in [0.4, 0.5) is 0 Å². The van der Waals surface area contributed by atoms with E-state index in [1.54, 1.807) is 7.11 Å². The normalized spacial score (nSPS) is 45.5. The Morgan fingerprint density at radius 2 is 1.73 bits per heavy atom. The number of Topliss-reactive ketones (excluding diaryl/α,β-unsaturated/α-hetero) is 1. The van der Waals surface area contributed by atoms with Crippen molar-refractivity contribution in [3.05, 3.63) is 34.8 Å². The fourth-order valence-electron chi connectivity index (χ4n) is 10.8. The summed E-state index contributed by atoms with van der Waals surface area (Å²) in [6.07, 6.45) is 9.68. The number of nitrogens with zero attached hydrogens (tertiary/aromatic N) is 1. The predicted molar refractivity (Wildman–Crippen MR) is 153 cm³/mol. The maximum Gasteiger partial charge on any atom is 0.308 e. The van der Waals surface area contributed by atoms with Crippen LogP contribution in [0.2, 0.25) is 0 Å². The summed E-state index contributed by atoms with van der Waals surface area (Å²) in [7, 11) is 3.13. The molecule has 5 aliphatic rings. The number of allylic oxidation sites excluding steroid dienone is 4. The zero-order valence-electron chi connectivity index (χ0n) is 25.7. The van der Waals surface area contributed by atoms with Crippen LogP contribution in [0.3, 0.4) is 0 Å². The summed E-state index contributed by atoms with van der Waals surface area (Å²) < 4.78 is 10.7. The van der Waals surface area contributed by atoms with Gasteiger partial charge >= 0.3 is 5.97 Å². The Balaban J connectivity index is 1.64. The van der Waals surface area contributed by atoms with E-state index in [9.17, 15) is 14.4 Å². The van der Waals surface area contributed by atoms with Gasteiger partial charge in [-0.3, -0.25) is 9.59 Å². The number of ether oxygens (including phenoxy) is 2. The van der Waals surface area contributed by atoms with Crippen LogP contribution in [0.1, 0.15) is 86.5 Å². The lowest BCUT2D eigenvalue weighted by atomic mass is 9.35. The van der Waals surface area contributed by atoms with Gasteiger partial charge in [0.1, 0.15) is 0 Å². The third-order valence-electron chi connectivity index (χ3n) is 12.8. The van der Waals surface area contributed by atoms with Gasteiger partial charge in [-0.2, -0.15) is 0 Å². The number of rotatable bonds is 4. The SMILES string of the molecule is [C-]#[N+]C1=C[C@]2(C)C3=CC(=O)[C@@H]4[C@@H]5CC(C)(C)C[C@@H](C(=O)OC)C5CC[C@@]4(C)[C@]3(C)CC[C@H]2[C@](C)(CCOC)C1=O. The monoisotopic (exact) mass is 549 g/mol. The van der Waals surface area contributed by atoms with Crippen molar-refractivity contribution in [3.63, 3.8) is 0 Å². The van der Waals surface area contributed by atoms with Crippen LogP contribution in [0.15, 0.2) is 23.4 Å². The number of ketones is 2. The van der Waals surface area contributed by atoms with Gasteiger partial charge in [0.15, 0.2) is 11.6 Å². The standard InChI is InChI=1S/C34H47NO5/c1-30(2)17-21-20(22(18-30)29(38)40-9)10-12-34(6)27(21)24(36)16-26-32(4)19-23(35-7)28(37)31(3,14-15-39-8)25(32)11-13-33(26,34)5/h16,19-22,25,27H,10-15,17-18H2,1-6,8-9H3/t20?,21-,22-,25+,27+,31+,32+,33-,34-/m1/s1. The topological polar surface area (TPSA) is 74.0 Å². The summed E-state index contributed by atoms with van der Waals surface area (Å²) in [5.74, 6) is -0.0888. The van der Waals surface area contributed by atoms with Crippen molar-refractivity contribution in [2.75, 3.05) is 20.8 Å². The maximum atomic E-state index is 14.4. The molecule has 0 aromatic heterocycles. The first-order chi connectivity index (χ1) is 18.6. The molecule has 3 fully saturated rings. The molecular weight excluding hydrogens is 502 g/mol. The number of hydrogen-bond acceptors (Lipinski definition) is 5. The number of carbonyl (C=O) groups is 3. The molecule has 3 saturated carbocycles. The maximum absolute atomic E-state index is 14.4. The molecule has 0 spiro atoms. The second-order valence-electron chi connectivity index (χ2n) is 15.3. The van der Waals surface area contributed by atoms with Gasteiger partial charge in [0.25, 0.3) is 0 Å². The molecule has 0 bridgehead atoms. The number of fused-ring (bicyclic) bond motifs is 7. The lowest BCUT2D eigenvalue weighted by Crippen LogP contribution is -2.64. The Bertz CT molecular complexity index is 1240. The average Bonchev–Trinajstić information content (AvgIpc) is 2.89. The Morgan fingerprint density at radius 3 is 2.35 bits per heavy atom. The quantitative estimate of drug-likeness (QED) is 0.292. The number of hydrogen-bond donors (Lipinski definition) is 0. The zero-order valence-corrected chi connectivity index (χ0v) is 25.7. The van der Waals surface area contributed by atoms with Crippen molar-refractivity contribution in [1.29, 1.82) is 0 Å². The average molecular weight is 550 g/mol. The zero-order chi connectivity index (χ0) is 29.5. The van der Waals surface area contributed by atoms with Crippen LogP contribution in [0, 0.1) is 63.2 Å². The van der Waals surface area contributed by atoms with E-state index in [0.29, 0.717) is 13.0 Å². The molecule has 40 heavy (non-hydrogen) atoms. The minimum absolute atomic E-state index is 0.00548. The molecule has 0 N–H and O–H groups in total. The van der Waals surface area contributed by atoms with Gasteiger partial charge in [-0.05, 0) is 85.0 Å². The van der Waals surface area contributed by atoms with Gasteiger partial charge in [0.2, 0.25) is 5.70 Å². The van der Waals surface area contributed by atoms with E-state index in [-0.39, 0.29) is 69.1 Å². The van der Waals surface area contributed by atoms with Gasteiger partial charge in [-0.25, -0.2) is 4.85 Å². The van der Waals surface area contributed by atoms with Gasteiger partial charge < -0.3 is 14.3 Å². The van der Waals surface area contributed by atoms with E-state index in [2.05, 4.69) is 39.5 Å². The molecule has 9 atom stereocenters. The molecule has 6 heteroatoms. The van der Waals surface area contributed by atoms with Crippen molar-refractivity contribution in [1.82, 2.24) is 0 Å². The fraction of sp³-hybridized carbons (Fsp3) is 0.765. The van der Waals surface area contributed by atoms with Crippen LogP contribution in [0.25, 0.3) is 4.85 Å². The summed E-state index contributed by atoms with van der Waals surface area (Å²) in [4.78, 5) is 44.8. The van der Waals surface area contributed by atoms with E-state index < -0.39 is 10.8 Å². The van der Waals surface area contributed by atoms with E-state index in [1.807, 2.05) is 19.1 Å². The molecule has 0 radical (unpaired) electrons. The first kappa shape index (κ1) is 29.2. The molecule has 0 saturated heterocycles. The fourth-order valence-corrected chi connectivity index (χ4v) is 10.8. The van der Waals surface area contributed by atoms with Crippen molar-refractivity contribution < 1.29 is 23.9 Å². The highest BCUT2D eigenvalue weighted by molar-refractivity contribution is 6.03. The molecule has 0 aliphatic heterocycles. The molecule has 5 aliphatic carbocycles. The highest BCUT2D eigenvalue weighted by Crippen LogP contribution is 2.73. The van der Waals surface area contributed by atoms with Crippen molar-refractivity contribution in [2.45, 2.75) is 86.5 Å². The van der Waals surface area contributed by atoms with Gasteiger partial charge in [-0.15, -0.1) is 0 Å². The number of esters is 1. The minimum Gasteiger partial charge on any atom is -0.469 e. The Kier molecular flexibility index (Phi) is 6.86. The van der Waals surface area contributed by atoms with Crippen molar-refractivity contribution >= 4 is 17.5 Å². The minimum atomic E-state index is -0.721. The lowest BCUT2D eigenvalue weighted by molar-refractivity contribution is -0.172. The van der Waals surface area contributed by atoms with Crippen LogP contribution in [-0.2, 0) is 23.9 Å². The molecule has 1 unspecified atom stereocenters. The Hall–Kier alpha value is -2.26. The summed E-state index contributed by atoms with van der Waals surface area (Å²) >= 11 is 0. The number of carbonyl (C=O) groups excluding carboxylic acids is 3. The summed E-state index contributed by atoms with van der Waals surface area (Å²) in [5.41, 5.74) is -0.556. The Morgan fingerprint density at radius 1 is 1.02 bits per heavy atom. The van der Waals surface area contributed by atoms with Crippen molar-refractivity contribution in [2.24, 2.45) is 56.7 Å². The molecule has 6 nitrogen and oxygen atoms in total. The first-order valence-corrected chi connectivity index (χ1v) is 15.1. The molecule has 5 rings (SSSR count). The highest BCUT2D eigenvalue weighted by Gasteiger charge is 2.69. The summed E-state index contributed by atoms with van der Waals surface area (Å²) in [6.45, 7) is 21.6. The van der Waals surface area contributed by atoms with Crippen LogP contribution >= 0.6 is 0 Å². The second kappa shape index (κ2) is 9.38. The third-order valence-corrected chi connectivity index (χ3v) is 12.8. The highest BCUT2D eigenvalue weighted by atomic mass is 16.5.